The summed E-state index contributed by atoms with van der Waals surface area (Å²) in [6, 6.07) is 16.1. The molecule has 27 heavy (non-hydrogen) atoms. The van der Waals surface area contributed by atoms with E-state index in [2.05, 4.69) is 29.2 Å². The predicted molar refractivity (Wildman–Crippen MR) is 109 cm³/mol. The van der Waals surface area contributed by atoms with Crippen molar-refractivity contribution in [3.63, 3.8) is 0 Å². The molecule has 1 atom stereocenters. The first-order valence-corrected chi connectivity index (χ1v) is 10.0. The van der Waals surface area contributed by atoms with Crippen molar-refractivity contribution in [3.8, 4) is 0 Å². The van der Waals surface area contributed by atoms with Crippen molar-refractivity contribution in [1.82, 2.24) is 4.90 Å². The van der Waals surface area contributed by atoms with E-state index in [0.29, 0.717) is 5.92 Å². The second-order valence-electron chi connectivity index (χ2n) is 7.38. The summed E-state index contributed by atoms with van der Waals surface area (Å²) >= 11 is 5.96. The summed E-state index contributed by atoms with van der Waals surface area (Å²) in [7, 11) is 0. The average Bonchev–Trinajstić information content (AvgIpc) is 3.18. The fraction of sp³-hybridized carbons (Fsp3) is 0.409. The van der Waals surface area contributed by atoms with E-state index in [9.17, 15) is 4.79 Å². The molecule has 2 aliphatic rings. The van der Waals surface area contributed by atoms with Crippen molar-refractivity contribution in [2.75, 3.05) is 44.3 Å². The molecule has 2 aromatic rings. The molecule has 0 aliphatic carbocycles. The Kier molecular flexibility index (Phi) is 5.65. The lowest BCUT2D eigenvalue weighted by Gasteiger charge is -2.29. The van der Waals surface area contributed by atoms with Crippen molar-refractivity contribution in [2.45, 2.75) is 12.8 Å². The van der Waals surface area contributed by atoms with E-state index in [1.807, 2.05) is 29.2 Å². The zero-order chi connectivity index (χ0) is 18.6. The molecule has 0 aromatic heterocycles. The molecule has 2 heterocycles. The Labute approximate surface area is 165 Å². The zero-order valence-corrected chi connectivity index (χ0v) is 16.2. The Balaban J connectivity index is 1.34. The number of ether oxygens (including phenoxy) is 1. The third kappa shape index (κ3) is 4.45. The molecule has 1 unspecified atom stereocenters. The standard InChI is InChI=1S/C22H25ClN2O2/c23-20-5-1-17(2-6-20)15-18-9-10-25(16-18)22(26)19-3-7-21(8-4-19)24-11-13-27-14-12-24/h1-8,18H,9-16H2. The number of hydrogen-bond acceptors (Lipinski definition) is 3. The van der Waals surface area contributed by atoms with E-state index in [1.165, 1.54) is 5.56 Å². The van der Waals surface area contributed by atoms with Crippen molar-refractivity contribution in [3.05, 3.63) is 64.7 Å². The minimum Gasteiger partial charge on any atom is -0.378 e. The highest BCUT2D eigenvalue weighted by Gasteiger charge is 2.27. The highest BCUT2D eigenvalue weighted by Crippen LogP contribution is 2.24. The normalized spacial score (nSPS) is 20.1. The smallest absolute Gasteiger partial charge is 0.253 e. The zero-order valence-electron chi connectivity index (χ0n) is 15.4. The average molecular weight is 385 g/mol. The number of benzene rings is 2. The Morgan fingerprint density at radius 3 is 2.41 bits per heavy atom. The van der Waals surface area contributed by atoms with Crippen molar-refractivity contribution >= 4 is 23.2 Å². The Hall–Kier alpha value is -2.04. The van der Waals surface area contributed by atoms with Crippen LogP contribution in [0, 0.1) is 5.92 Å². The molecule has 0 radical (unpaired) electrons. The van der Waals surface area contributed by atoms with Gasteiger partial charge in [-0.3, -0.25) is 4.79 Å². The monoisotopic (exact) mass is 384 g/mol. The van der Waals surface area contributed by atoms with Crippen LogP contribution in [0.2, 0.25) is 5.02 Å². The van der Waals surface area contributed by atoms with Crippen LogP contribution in [0.1, 0.15) is 22.3 Å². The van der Waals surface area contributed by atoms with Crippen molar-refractivity contribution in [2.24, 2.45) is 5.92 Å². The Morgan fingerprint density at radius 1 is 1.00 bits per heavy atom. The molecule has 4 rings (SSSR count). The summed E-state index contributed by atoms with van der Waals surface area (Å²) in [5.41, 5.74) is 3.23. The quantitative estimate of drug-likeness (QED) is 0.801. The summed E-state index contributed by atoms with van der Waals surface area (Å²) in [6.07, 6.45) is 2.05. The summed E-state index contributed by atoms with van der Waals surface area (Å²) in [5.74, 6) is 0.657. The van der Waals surface area contributed by atoms with Gasteiger partial charge >= 0.3 is 0 Å². The van der Waals surface area contributed by atoms with Crippen LogP contribution >= 0.6 is 11.6 Å². The first-order chi connectivity index (χ1) is 13.2. The molecule has 0 N–H and O–H groups in total. The molecule has 142 valence electrons. The Morgan fingerprint density at radius 2 is 1.70 bits per heavy atom. The third-order valence-corrected chi connectivity index (χ3v) is 5.75. The van der Waals surface area contributed by atoms with Crippen LogP contribution < -0.4 is 4.90 Å². The van der Waals surface area contributed by atoms with Crippen LogP contribution in [-0.4, -0.2) is 50.2 Å². The Bertz CT molecular complexity index is 770. The van der Waals surface area contributed by atoms with E-state index in [1.54, 1.807) is 0 Å². The van der Waals surface area contributed by atoms with Crippen LogP contribution in [0.4, 0.5) is 5.69 Å². The first-order valence-electron chi connectivity index (χ1n) is 9.65. The van der Waals surface area contributed by atoms with Gasteiger partial charge in [-0.2, -0.15) is 0 Å². The first kappa shape index (κ1) is 18.3. The van der Waals surface area contributed by atoms with Crippen molar-refractivity contribution in [1.29, 1.82) is 0 Å². The molecular weight excluding hydrogens is 360 g/mol. The number of anilines is 1. The maximum atomic E-state index is 12.9. The number of likely N-dealkylation sites (tertiary alicyclic amines) is 1. The lowest BCUT2D eigenvalue weighted by molar-refractivity contribution is 0.0787. The minimum absolute atomic E-state index is 0.141. The van der Waals surface area contributed by atoms with Gasteiger partial charge in [0.1, 0.15) is 0 Å². The molecule has 0 saturated carbocycles. The second-order valence-corrected chi connectivity index (χ2v) is 7.82. The molecule has 2 aromatic carbocycles. The maximum Gasteiger partial charge on any atom is 0.253 e. The van der Waals surface area contributed by atoms with Crippen molar-refractivity contribution < 1.29 is 9.53 Å². The van der Waals surface area contributed by atoms with Gasteiger partial charge < -0.3 is 14.5 Å². The number of morpholine rings is 1. The van der Waals surface area contributed by atoms with Gasteiger partial charge in [-0.25, -0.2) is 0 Å². The van der Waals surface area contributed by atoms with E-state index < -0.39 is 0 Å². The highest BCUT2D eigenvalue weighted by atomic mass is 35.5. The molecule has 2 aliphatic heterocycles. The van der Waals surface area contributed by atoms with Gasteiger partial charge in [0, 0.05) is 42.5 Å². The predicted octanol–water partition coefficient (Wildman–Crippen LogP) is 3.88. The number of nitrogens with zero attached hydrogens (tertiary/aromatic N) is 2. The van der Waals surface area contributed by atoms with Gasteiger partial charge in [-0.15, -0.1) is 0 Å². The minimum atomic E-state index is 0.141. The van der Waals surface area contributed by atoms with Gasteiger partial charge in [0.05, 0.1) is 13.2 Å². The van der Waals surface area contributed by atoms with E-state index >= 15 is 0 Å². The molecule has 1 amide bonds. The second kappa shape index (κ2) is 8.32. The van der Waals surface area contributed by atoms with Crippen LogP contribution in [0.5, 0.6) is 0 Å². The van der Waals surface area contributed by atoms with E-state index in [4.69, 9.17) is 16.3 Å². The summed E-state index contributed by atoms with van der Waals surface area (Å²) in [5, 5.41) is 0.766. The van der Waals surface area contributed by atoms with Gasteiger partial charge in [0.25, 0.3) is 5.91 Å². The maximum absolute atomic E-state index is 12.9. The lowest BCUT2D eigenvalue weighted by Crippen LogP contribution is -2.36. The van der Waals surface area contributed by atoms with Crippen LogP contribution in [0.25, 0.3) is 0 Å². The SMILES string of the molecule is O=C(c1ccc(N2CCOCC2)cc1)N1CCC(Cc2ccc(Cl)cc2)C1. The van der Waals surface area contributed by atoms with Crippen LogP contribution in [0.3, 0.4) is 0 Å². The molecule has 2 saturated heterocycles. The molecular formula is C22H25ClN2O2. The van der Waals surface area contributed by atoms with E-state index in [-0.39, 0.29) is 5.91 Å². The molecule has 4 nitrogen and oxygen atoms in total. The fourth-order valence-corrected chi connectivity index (χ4v) is 4.08. The summed E-state index contributed by atoms with van der Waals surface area (Å²) in [4.78, 5) is 17.1. The topological polar surface area (TPSA) is 32.8 Å². The lowest BCUT2D eigenvalue weighted by atomic mass is 9.99. The van der Waals surface area contributed by atoms with Gasteiger partial charge in [-0.1, -0.05) is 23.7 Å². The summed E-state index contributed by atoms with van der Waals surface area (Å²) < 4.78 is 5.40. The van der Waals surface area contributed by atoms with Crippen LogP contribution in [-0.2, 0) is 11.2 Å². The highest BCUT2D eigenvalue weighted by molar-refractivity contribution is 6.30. The van der Waals surface area contributed by atoms with E-state index in [0.717, 1.165) is 68.5 Å². The molecule has 5 heteroatoms. The number of amides is 1. The number of rotatable bonds is 4. The molecule has 2 fully saturated rings. The number of halogens is 1. The molecule has 0 spiro atoms. The largest absolute Gasteiger partial charge is 0.378 e. The van der Waals surface area contributed by atoms with Gasteiger partial charge in [0.15, 0.2) is 0 Å². The number of hydrogen-bond donors (Lipinski definition) is 0. The third-order valence-electron chi connectivity index (χ3n) is 5.50. The number of carbonyl (C=O) groups is 1. The summed E-state index contributed by atoms with van der Waals surface area (Å²) in [6.45, 7) is 5.01. The fourth-order valence-electron chi connectivity index (χ4n) is 3.96. The van der Waals surface area contributed by atoms with Crippen LogP contribution in [0.15, 0.2) is 48.5 Å². The number of carbonyl (C=O) groups excluding carboxylic acids is 1. The molecule has 0 bridgehead atoms. The van der Waals surface area contributed by atoms with Gasteiger partial charge in [0.2, 0.25) is 0 Å². The van der Waals surface area contributed by atoms with Gasteiger partial charge in [-0.05, 0) is 60.7 Å².